The molecule has 0 unspecified atom stereocenters. The second kappa shape index (κ2) is 7.72. The van der Waals surface area contributed by atoms with E-state index >= 15 is 0 Å². The molecule has 13 heteroatoms. The third-order valence-corrected chi connectivity index (χ3v) is 9.08. The third-order valence-electron chi connectivity index (χ3n) is 5.18. The fourth-order valence-electron chi connectivity index (χ4n) is 3.39. The molecule has 1 aromatic heterocycles. The van der Waals surface area contributed by atoms with E-state index < -0.39 is 26.1 Å². The zero-order valence-electron chi connectivity index (χ0n) is 16.0. The summed E-state index contributed by atoms with van der Waals surface area (Å²) in [5.41, 5.74) is 5.34. The van der Waals surface area contributed by atoms with Gasteiger partial charge in [0.15, 0.2) is 0 Å². The number of primary amides is 1. The number of likely N-dealkylation sites (N-methyl/N-ethyl adjacent to an activating group) is 1. The van der Waals surface area contributed by atoms with Crippen molar-refractivity contribution in [3.63, 3.8) is 0 Å². The number of amides is 1. The lowest BCUT2D eigenvalue weighted by Gasteiger charge is -2.38. The Morgan fingerprint density at radius 1 is 0.857 bits per heavy atom. The first kappa shape index (κ1) is 21.2. The molecule has 0 atom stereocenters. The topological polar surface area (TPSA) is 129 Å². The van der Waals surface area contributed by atoms with Crippen LogP contribution in [0.4, 0.5) is 0 Å². The van der Waals surface area contributed by atoms with Crippen LogP contribution in [0.1, 0.15) is 10.5 Å². The molecule has 158 valence electrons. The highest BCUT2D eigenvalue weighted by Crippen LogP contribution is 2.22. The van der Waals surface area contributed by atoms with E-state index in [4.69, 9.17) is 5.73 Å². The van der Waals surface area contributed by atoms with E-state index in [0.29, 0.717) is 26.2 Å². The number of nitrogens with zero attached hydrogens (tertiary/aromatic N) is 5. The van der Waals surface area contributed by atoms with Crippen LogP contribution in [0.2, 0.25) is 0 Å². The van der Waals surface area contributed by atoms with Crippen LogP contribution in [0.5, 0.6) is 0 Å². The Bertz CT molecular complexity index is 942. The number of piperazine rings is 2. The van der Waals surface area contributed by atoms with Crippen LogP contribution in [0.3, 0.4) is 0 Å². The minimum absolute atomic E-state index is 0.0285. The van der Waals surface area contributed by atoms with Crippen molar-refractivity contribution in [1.82, 2.24) is 22.4 Å². The van der Waals surface area contributed by atoms with Crippen molar-refractivity contribution in [3.8, 4) is 0 Å². The van der Waals surface area contributed by atoms with E-state index in [2.05, 4.69) is 4.90 Å². The molecule has 0 saturated carbocycles. The fraction of sp³-hybridized carbons (Fsp3) is 0.667. The first-order valence-corrected chi connectivity index (χ1v) is 11.8. The van der Waals surface area contributed by atoms with Gasteiger partial charge in [0, 0.05) is 65.6 Å². The first-order valence-electron chi connectivity index (χ1n) is 8.93. The van der Waals surface area contributed by atoms with Crippen LogP contribution in [-0.4, -0.2) is 105 Å². The average molecular weight is 435 g/mol. The highest BCUT2D eigenvalue weighted by atomic mass is 32.2. The van der Waals surface area contributed by atoms with Crippen molar-refractivity contribution in [3.05, 3.63) is 18.0 Å². The first-order chi connectivity index (χ1) is 13.0. The summed E-state index contributed by atoms with van der Waals surface area (Å²) in [5, 5.41) is 0. The van der Waals surface area contributed by atoms with Crippen LogP contribution >= 0.6 is 0 Å². The van der Waals surface area contributed by atoms with Gasteiger partial charge in [-0.05, 0) is 13.1 Å². The molecule has 0 spiro atoms. The highest BCUT2D eigenvalue weighted by Gasteiger charge is 2.37. The molecule has 3 heterocycles. The molecule has 1 aromatic rings. The average Bonchev–Trinajstić information content (AvgIpc) is 3.05. The number of aromatic nitrogens is 1. The number of sulfonamides is 1. The van der Waals surface area contributed by atoms with Crippen LogP contribution in [0, 0.1) is 0 Å². The minimum atomic E-state index is -3.84. The van der Waals surface area contributed by atoms with Crippen molar-refractivity contribution in [1.29, 1.82) is 0 Å². The second-order valence-corrected chi connectivity index (χ2v) is 10.9. The van der Waals surface area contributed by atoms with E-state index in [1.165, 1.54) is 29.7 Å². The Hall–Kier alpha value is -1.51. The number of hydrogen-bond donors (Lipinski definition) is 1. The van der Waals surface area contributed by atoms with Gasteiger partial charge in [0.05, 0.1) is 0 Å². The van der Waals surface area contributed by atoms with E-state index in [1.807, 2.05) is 7.05 Å². The maximum absolute atomic E-state index is 12.8. The molecule has 2 N–H and O–H groups in total. The Labute approximate surface area is 165 Å². The molecular weight excluding hydrogens is 408 g/mol. The predicted octanol–water partition coefficient (Wildman–Crippen LogP) is -2.08. The molecule has 28 heavy (non-hydrogen) atoms. The number of aryl methyl sites for hydroxylation is 1. The van der Waals surface area contributed by atoms with E-state index in [1.54, 1.807) is 7.05 Å². The Morgan fingerprint density at radius 3 is 1.79 bits per heavy atom. The molecule has 0 radical (unpaired) electrons. The summed E-state index contributed by atoms with van der Waals surface area (Å²) < 4.78 is 56.7. The number of hydrogen-bond acceptors (Lipinski definition) is 6. The molecule has 0 bridgehead atoms. The normalized spacial score (nSPS) is 21.8. The van der Waals surface area contributed by atoms with E-state index in [-0.39, 0.29) is 36.8 Å². The summed E-state index contributed by atoms with van der Waals surface area (Å²) >= 11 is 0. The lowest BCUT2D eigenvalue weighted by atomic mass is 10.4. The standard InChI is InChI=1S/C15H26N6O5S2/c1-17-3-5-20(6-4-17)28(25,26)21-9-7-19(8-10-21)27(23,24)13-11-14(15(16)22)18(2)12-13/h11-12H,3-10H2,1-2H3,(H2,16,22). The van der Waals surface area contributed by atoms with Gasteiger partial charge in [0.25, 0.3) is 16.1 Å². The molecule has 2 aliphatic rings. The van der Waals surface area contributed by atoms with Crippen molar-refractivity contribution >= 4 is 26.1 Å². The molecule has 2 saturated heterocycles. The van der Waals surface area contributed by atoms with Gasteiger partial charge < -0.3 is 15.2 Å². The van der Waals surface area contributed by atoms with Crippen molar-refractivity contribution < 1.29 is 21.6 Å². The summed E-state index contributed by atoms with van der Waals surface area (Å²) in [4.78, 5) is 13.4. The van der Waals surface area contributed by atoms with Crippen molar-refractivity contribution in [2.75, 3.05) is 59.4 Å². The molecule has 1 amide bonds. The molecule has 11 nitrogen and oxygen atoms in total. The van der Waals surface area contributed by atoms with Crippen molar-refractivity contribution in [2.24, 2.45) is 12.8 Å². The molecule has 0 aliphatic carbocycles. The largest absolute Gasteiger partial charge is 0.364 e. The summed E-state index contributed by atoms with van der Waals surface area (Å²) in [7, 11) is -3.95. The zero-order valence-corrected chi connectivity index (χ0v) is 17.6. The van der Waals surface area contributed by atoms with Crippen LogP contribution in [0.25, 0.3) is 0 Å². The van der Waals surface area contributed by atoms with Crippen LogP contribution < -0.4 is 5.73 Å². The maximum Gasteiger partial charge on any atom is 0.282 e. The SMILES string of the molecule is CN1CCN(S(=O)(=O)N2CCN(S(=O)(=O)c3cc(C(N)=O)n(C)c3)CC2)CC1. The lowest BCUT2D eigenvalue weighted by molar-refractivity contribution is 0.0992. The summed E-state index contributed by atoms with van der Waals surface area (Å²) in [6, 6.07) is 1.24. The van der Waals surface area contributed by atoms with Crippen LogP contribution in [0.15, 0.2) is 17.2 Å². The van der Waals surface area contributed by atoms with Crippen LogP contribution in [-0.2, 0) is 27.3 Å². The monoisotopic (exact) mass is 434 g/mol. The Kier molecular flexibility index (Phi) is 5.85. The smallest absolute Gasteiger partial charge is 0.282 e. The fourth-order valence-corrected chi connectivity index (χ4v) is 6.46. The van der Waals surface area contributed by atoms with E-state index in [9.17, 15) is 21.6 Å². The third kappa shape index (κ3) is 3.95. The second-order valence-electron chi connectivity index (χ2n) is 7.05. The lowest BCUT2D eigenvalue weighted by Crippen LogP contribution is -2.57. The van der Waals surface area contributed by atoms with Gasteiger partial charge >= 0.3 is 0 Å². The molecule has 2 fully saturated rings. The summed E-state index contributed by atoms with van der Waals surface area (Å²) in [6.07, 6.45) is 1.34. The summed E-state index contributed by atoms with van der Waals surface area (Å²) in [6.45, 7) is 2.47. The van der Waals surface area contributed by atoms with Gasteiger partial charge in [0.2, 0.25) is 10.0 Å². The minimum Gasteiger partial charge on any atom is -0.364 e. The Balaban J connectivity index is 1.69. The summed E-state index contributed by atoms with van der Waals surface area (Å²) in [5.74, 6) is -0.716. The van der Waals surface area contributed by atoms with Crippen molar-refractivity contribution in [2.45, 2.75) is 4.90 Å². The Morgan fingerprint density at radius 2 is 1.32 bits per heavy atom. The van der Waals surface area contributed by atoms with Gasteiger partial charge in [-0.15, -0.1) is 0 Å². The van der Waals surface area contributed by atoms with Gasteiger partial charge in [0.1, 0.15) is 10.6 Å². The quantitative estimate of drug-likeness (QED) is 0.566. The number of rotatable bonds is 5. The van der Waals surface area contributed by atoms with E-state index in [0.717, 1.165) is 0 Å². The zero-order chi connectivity index (χ0) is 20.7. The van der Waals surface area contributed by atoms with Gasteiger partial charge in [-0.25, -0.2) is 8.42 Å². The van der Waals surface area contributed by atoms with Gasteiger partial charge in [-0.2, -0.15) is 21.3 Å². The molecule has 3 rings (SSSR count). The molecule has 2 aliphatic heterocycles. The maximum atomic E-state index is 12.8. The van der Waals surface area contributed by atoms with Gasteiger partial charge in [-0.1, -0.05) is 0 Å². The molecule has 0 aromatic carbocycles. The molecular formula is C15H26N6O5S2. The number of carbonyl (C=O) groups excluding carboxylic acids is 1. The number of carbonyl (C=O) groups is 1. The highest BCUT2D eigenvalue weighted by molar-refractivity contribution is 7.89. The van der Waals surface area contributed by atoms with Gasteiger partial charge in [-0.3, -0.25) is 4.79 Å². The number of nitrogens with two attached hydrogens (primary N) is 1. The predicted molar refractivity (Wildman–Crippen MR) is 102 cm³/mol.